The molecule has 2 aromatic heterocycles. The molecule has 34 heavy (non-hydrogen) atoms. The van der Waals surface area contributed by atoms with Gasteiger partial charge in [0.2, 0.25) is 0 Å². The van der Waals surface area contributed by atoms with E-state index in [1.165, 1.54) is 18.2 Å². The SMILES string of the molecule is Cc1c(CCCN)cc(C(=O)NCc2cc(C3CC3)no2)c(=O)n1-c1cccc(C(F)(F)F)c1. The number of carbonyl (C=O) groups excluding carboxylic acids is 1. The zero-order valence-corrected chi connectivity index (χ0v) is 18.6. The quantitative estimate of drug-likeness (QED) is 0.516. The van der Waals surface area contributed by atoms with Crippen LogP contribution < -0.4 is 16.6 Å². The summed E-state index contributed by atoms with van der Waals surface area (Å²) in [6.45, 7) is 2.06. The molecule has 4 rings (SSSR count). The Kier molecular flexibility index (Phi) is 6.60. The second-order valence-corrected chi connectivity index (χ2v) is 8.42. The molecule has 0 saturated heterocycles. The highest BCUT2D eigenvalue weighted by Gasteiger charge is 2.31. The molecule has 1 amide bonds. The van der Waals surface area contributed by atoms with E-state index in [0.29, 0.717) is 42.3 Å². The lowest BCUT2D eigenvalue weighted by Gasteiger charge is -2.18. The van der Waals surface area contributed by atoms with Crippen LogP contribution in [0.25, 0.3) is 5.69 Å². The molecule has 0 unspecified atom stereocenters. The number of carbonyl (C=O) groups is 1. The van der Waals surface area contributed by atoms with E-state index >= 15 is 0 Å². The van der Waals surface area contributed by atoms with Crippen LogP contribution in [0.1, 0.15) is 63.8 Å². The van der Waals surface area contributed by atoms with Gasteiger partial charge in [0.25, 0.3) is 11.5 Å². The van der Waals surface area contributed by atoms with Gasteiger partial charge in [-0.1, -0.05) is 11.2 Å². The minimum absolute atomic E-state index is 0.0327. The standard InChI is InChI=1S/C24H25F3N4O3/c1-14-16(4-3-9-28)10-20(22(32)29-13-19-12-21(30-34-19)15-7-8-15)23(33)31(14)18-6-2-5-17(11-18)24(25,26)27/h2,5-6,10-12,15H,3-4,7-9,13,28H2,1H3,(H,29,32). The van der Waals surface area contributed by atoms with Gasteiger partial charge in [-0.15, -0.1) is 0 Å². The van der Waals surface area contributed by atoms with Crippen molar-refractivity contribution in [3.8, 4) is 5.69 Å². The van der Waals surface area contributed by atoms with Crippen LogP contribution >= 0.6 is 0 Å². The first-order chi connectivity index (χ1) is 16.2. The third-order valence-corrected chi connectivity index (χ3v) is 5.87. The van der Waals surface area contributed by atoms with Crippen molar-refractivity contribution in [1.29, 1.82) is 0 Å². The van der Waals surface area contributed by atoms with E-state index in [2.05, 4.69) is 10.5 Å². The first-order valence-electron chi connectivity index (χ1n) is 11.1. The molecule has 0 spiro atoms. The molecule has 1 aliphatic carbocycles. The number of benzene rings is 1. The summed E-state index contributed by atoms with van der Waals surface area (Å²) in [5.74, 6) is 0.211. The molecule has 3 N–H and O–H groups in total. The largest absolute Gasteiger partial charge is 0.416 e. The van der Waals surface area contributed by atoms with Crippen molar-refractivity contribution in [2.75, 3.05) is 6.54 Å². The van der Waals surface area contributed by atoms with Crippen molar-refractivity contribution < 1.29 is 22.5 Å². The number of halogens is 3. The highest BCUT2D eigenvalue weighted by atomic mass is 19.4. The lowest BCUT2D eigenvalue weighted by molar-refractivity contribution is -0.137. The van der Waals surface area contributed by atoms with Gasteiger partial charge in [-0.2, -0.15) is 13.2 Å². The number of hydrogen-bond acceptors (Lipinski definition) is 5. The molecule has 0 atom stereocenters. The zero-order valence-electron chi connectivity index (χ0n) is 18.6. The molecule has 1 saturated carbocycles. The average Bonchev–Trinajstić information content (AvgIpc) is 3.54. The number of amides is 1. The van der Waals surface area contributed by atoms with Gasteiger partial charge in [0.15, 0.2) is 5.76 Å². The van der Waals surface area contributed by atoms with Crippen molar-refractivity contribution in [3.63, 3.8) is 0 Å². The van der Waals surface area contributed by atoms with Crippen LogP contribution in [-0.2, 0) is 19.1 Å². The van der Waals surface area contributed by atoms with Crippen molar-refractivity contribution in [3.05, 3.63) is 80.6 Å². The summed E-state index contributed by atoms with van der Waals surface area (Å²) in [6.07, 6.45) is -1.40. The van der Waals surface area contributed by atoms with E-state index in [1.807, 2.05) is 0 Å². The summed E-state index contributed by atoms with van der Waals surface area (Å²) >= 11 is 0. The summed E-state index contributed by atoms with van der Waals surface area (Å²) in [5.41, 5.74) is 5.85. The monoisotopic (exact) mass is 474 g/mol. The van der Waals surface area contributed by atoms with Crippen molar-refractivity contribution in [2.45, 2.75) is 51.2 Å². The first-order valence-corrected chi connectivity index (χ1v) is 11.1. The number of aromatic nitrogens is 2. The number of aryl methyl sites for hydroxylation is 1. The molecule has 1 aliphatic rings. The van der Waals surface area contributed by atoms with Gasteiger partial charge in [-0.25, -0.2) is 0 Å². The minimum atomic E-state index is -4.57. The lowest BCUT2D eigenvalue weighted by Crippen LogP contribution is -2.34. The van der Waals surface area contributed by atoms with Crippen LogP contribution in [0, 0.1) is 6.92 Å². The molecule has 0 aliphatic heterocycles. The fourth-order valence-corrected chi connectivity index (χ4v) is 3.84. The molecule has 7 nitrogen and oxygen atoms in total. The van der Waals surface area contributed by atoms with E-state index < -0.39 is 23.2 Å². The summed E-state index contributed by atoms with van der Waals surface area (Å²) in [5, 5.41) is 6.65. The number of rotatable bonds is 8. The summed E-state index contributed by atoms with van der Waals surface area (Å²) in [4.78, 5) is 26.2. The summed E-state index contributed by atoms with van der Waals surface area (Å²) in [7, 11) is 0. The van der Waals surface area contributed by atoms with Crippen LogP contribution in [-0.4, -0.2) is 22.2 Å². The molecule has 2 heterocycles. The number of hydrogen-bond donors (Lipinski definition) is 2. The van der Waals surface area contributed by atoms with Crippen molar-refractivity contribution in [1.82, 2.24) is 15.0 Å². The van der Waals surface area contributed by atoms with Crippen LogP contribution in [0.2, 0.25) is 0 Å². The fraction of sp³-hybridized carbons (Fsp3) is 0.375. The Bertz CT molecular complexity index is 1260. The summed E-state index contributed by atoms with van der Waals surface area (Å²) in [6, 6.07) is 7.74. The van der Waals surface area contributed by atoms with Crippen LogP contribution in [0.3, 0.4) is 0 Å². The topological polar surface area (TPSA) is 103 Å². The molecule has 1 fully saturated rings. The lowest BCUT2D eigenvalue weighted by atomic mass is 10.0. The van der Waals surface area contributed by atoms with Gasteiger partial charge in [0, 0.05) is 23.4 Å². The van der Waals surface area contributed by atoms with E-state index in [9.17, 15) is 22.8 Å². The Morgan fingerprint density at radius 2 is 2.03 bits per heavy atom. The average molecular weight is 474 g/mol. The van der Waals surface area contributed by atoms with Crippen molar-refractivity contribution >= 4 is 5.91 Å². The van der Waals surface area contributed by atoms with Gasteiger partial charge < -0.3 is 15.6 Å². The van der Waals surface area contributed by atoms with Crippen molar-refractivity contribution in [2.24, 2.45) is 5.73 Å². The van der Waals surface area contributed by atoms with E-state index in [-0.39, 0.29) is 17.8 Å². The second kappa shape index (κ2) is 9.46. The Labute approximate surface area is 193 Å². The number of pyridine rings is 1. The smallest absolute Gasteiger partial charge is 0.359 e. The maximum absolute atomic E-state index is 13.3. The maximum Gasteiger partial charge on any atom is 0.416 e. The molecule has 10 heteroatoms. The Morgan fingerprint density at radius 1 is 1.26 bits per heavy atom. The zero-order chi connectivity index (χ0) is 24.5. The molecule has 0 bridgehead atoms. The number of nitrogens with one attached hydrogen (secondary N) is 1. The third-order valence-electron chi connectivity index (χ3n) is 5.87. The van der Waals surface area contributed by atoms with Gasteiger partial charge in [0.1, 0.15) is 5.56 Å². The normalized spacial score (nSPS) is 13.8. The highest BCUT2D eigenvalue weighted by molar-refractivity contribution is 5.94. The third kappa shape index (κ3) is 5.06. The predicted molar refractivity (Wildman–Crippen MR) is 119 cm³/mol. The van der Waals surface area contributed by atoms with E-state index in [1.54, 1.807) is 13.0 Å². The Hall–Kier alpha value is -3.40. The predicted octanol–water partition coefficient (Wildman–Crippen LogP) is 3.85. The minimum Gasteiger partial charge on any atom is -0.359 e. The van der Waals surface area contributed by atoms with E-state index in [0.717, 1.165) is 35.2 Å². The van der Waals surface area contributed by atoms with Gasteiger partial charge in [-0.05, 0) is 69.0 Å². The van der Waals surface area contributed by atoms with Gasteiger partial charge >= 0.3 is 6.18 Å². The Morgan fingerprint density at radius 3 is 2.71 bits per heavy atom. The summed E-state index contributed by atoms with van der Waals surface area (Å²) < 4.78 is 46.2. The molecular formula is C24H25F3N4O3. The second-order valence-electron chi connectivity index (χ2n) is 8.42. The van der Waals surface area contributed by atoms with Crippen LogP contribution in [0.4, 0.5) is 13.2 Å². The van der Waals surface area contributed by atoms with Gasteiger partial charge in [-0.3, -0.25) is 14.2 Å². The molecule has 180 valence electrons. The maximum atomic E-state index is 13.3. The van der Waals surface area contributed by atoms with Gasteiger partial charge in [0.05, 0.1) is 17.8 Å². The van der Waals surface area contributed by atoms with Crippen LogP contribution in [0.5, 0.6) is 0 Å². The first kappa shape index (κ1) is 23.7. The fourth-order valence-electron chi connectivity index (χ4n) is 3.84. The molecule has 0 radical (unpaired) electrons. The number of alkyl halides is 3. The molecule has 3 aromatic rings. The number of nitrogens with zero attached hydrogens (tertiary/aromatic N) is 2. The molecule has 1 aromatic carbocycles. The highest BCUT2D eigenvalue weighted by Crippen LogP contribution is 2.39. The number of nitrogens with two attached hydrogens (primary N) is 1. The Balaban J connectivity index is 1.69. The molecular weight excluding hydrogens is 449 g/mol. The van der Waals surface area contributed by atoms with Crippen LogP contribution in [0.15, 0.2) is 45.7 Å². The van der Waals surface area contributed by atoms with E-state index in [4.69, 9.17) is 10.3 Å².